The summed E-state index contributed by atoms with van der Waals surface area (Å²) in [6.07, 6.45) is 3.47. The van der Waals surface area contributed by atoms with E-state index in [2.05, 4.69) is 26.1 Å². The summed E-state index contributed by atoms with van der Waals surface area (Å²) in [7, 11) is -3.49. The summed E-state index contributed by atoms with van der Waals surface area (Å²) < 4.78 is 27.0. The zero-order valence-electron chi connectivity index (χ0n) is 17.0. The molecule has 2 saturated carbocycles. The fraction of sp³-hybridized carbons (Fsp3) is 0.667. The second-order valence-electron chi connectivity index (χ2n) is 9.32. The van der Waals surface area contributed by atoms with E-state index < -0.39 is 10.0 Å². The first-order valence-electron chi connectivity index (χ1n) is 10.3. The Bertz CT molecular complexity index is 847. The second-order valence-corrected chi connectivity index (χ2v) is 11.3. The van der Waals surface area contributed by atoms with E-state index in [1.54, 1.807) is 35.2 Å². The molecule has 4 rings (SSSR count). The molecule has 3 atom stereocenters. The molecule has 1 N–H and O–H groups in total. The second kappa shape index (κ2) is 6.73. The molecule has 3 aliphatic rings. The normalized spacial score (nSPS) is 32.5. The lowest BCUT2D eigenvalue weighted by Gasteiger charge is -2.41. The number of hydrogen-bond donors (Lipinski definition) is 1. The number of carbonyl (C=O) groups excluding carboxylic acids is 1. The highest BCUT2D eigenvalue weighted by Crippen LogP contribution is 2.65. The van der Waals surface area contributed by atoms with E-state index in [9.17, 15) is 13.2 Å². The van der Waals surface area contributed by atoms with E-state index in [1.807, 2.05) is 0 Å². The maximum Gasteiger partial charge on any atom is 0.317 e. The summed E-state index contributed by atoms with van der Waals surface area (Å²) in [4.78, 5) is 14.9. The van der Waals surface area contributed by atoms with Crippen LogP contribution < -0.4 is 5.32 Å². The summed E-state index contributed by atoms with van der Waals surface area (Å²) in [6, 6.07) is 8.66. The first-order chi connectivity index (χ1) is 13.2. The van der Waals surface area contributed by atoms with E-state index in [4.69, 9.17) is 0 Å². The Morgan fingerprint density at radius 2 is 1.71 bits per heavy atom. The van der Waals surface area contributed by atoms with Gasteiger partial charge in [0.25, 0.3) is 0 Å². The Morgan fingerprint density at radius 1 is 1.07 bits per heavy atom. The maximum atomic E-state index is 12.9. The van der Waals surface area contributed by atoms with E-state index in [0.29, 0.717) is 37.0 Å². The number of hydrogen-bond acceptors (Lipinski definition) is 3. The number of carbonyl (C=O) groups is 1. The molecule has 0 aromatic heterocycles. The highest BCUT2D eigenvalue weighted by Gasteiger charge is 2.61. The van der Waals surface area contributed by atoms with Crippen molar-refractivity contribution in [2.45, 2.75) is 51.0 Å². The van der Waals surface area contributed by atoms with Gasteiger partial charge in [-0.3, -0.25) is 0 Å². The lowest BCUT2D eigenvalue weighted by Crippen LogP contribution is -2.56. The Kier molecular flexibility index (Phi) is 4.74. The van der Waals surface area contributed by atoms with Crippen LogP contribution in [0.15, 0.2) is 35.2 Å². The predicted molar refractivity (Wildman–Crippen MR) is 108 cm³/mol. The van der Waals surface area contributed by atoms with Gasteiger partial charge in [0, 0.05) is 32.2 Å². The lowest BCUT2D eigenvalue weighted by molar-refractivity contribution is 0.114. The minimum atomic E-state index is -3.49. The molecule has 28 heavy (non-hydrogen) atoms. The Balaban J connectivity index is 1.36. The van der Waals surface area contributed by atoms with Crippen molar-refractivity contribution in [3.05, 3.63) is 30.3 Å². The minimum Gasteiger partial charge on any atom is -0.335 e. The van der Waals surface area contributed by atoms with E-state index in [1.165, 1.54) is 17.1 Å². The van der Waals surface area contributed by atoms with E-state index in [0.717, 1.165) is 6.42 Å². The van der Waals surface area contributed by atoms with Gasteiger partial charge in [0.1, 0.15) is 0 Å². The largest absolute Gasteiger partial charge is 0.335 e. The van der Waals surface area contributed by atoms with Gasteiger partial charge in [-0.1, -0.05) is 39.0 Å². The van der Waals surface area contributed by atoms with Gasteiger partial charge in [-0.05, 0) is 48.1 Å². The number of nitrogens with zero attached hydrogens (tertiary/aromatic N) is 2. The molecule has 3 fully saturated rings. The zero-order valence-corrected chi connectivity index (χ0v) is 17.8. The number of piperazine rings is 1. The van der Waals surface area contributed by atoms with Gasteiger partial charge in [-0.25, -0.2) is 13.2 Å². The molecule has 1 aromatic rings. The molecule has 1 saturated heterocycles. The molecule has 154 valence electrons. The van der Waals surface area contributed by atoms with Crippen LogP contribution in [0.2, 0.25) is 0 Å². The summed E-state index contributed by atoms with van der Waals surface area (Å²) in [5, 5.41) is 3.28. The van der Waals surface area contributed by atoms with Crippen LogP contribution in [0.4, 0.5) is 4.79 Å². The van der Waals surface area contributed by atoms with Crippen LogP contribution in [0, 0.1) is 16.7 Å². The van der Waals surface area contributed by atoms with Crippen LogP contribution in [0.5, 0.6) is 0 Å². The molecule has 1 heterocycles. The van der Waals surface area contributed by atoms with Crippen molar-refractivity contribution in [3.63, 3.8) is 0 Å². The topological polar surface area (TPSA) is 69.7 Å². The van der Waals surface area contributed by atoms with Gasteiger partial charge in [0.05, 0.1) is 4.90 Å². The SMILES string of the molecule is CC1(C)C2CCC1(C)C(NC(=O)N1CCN(S(=O)(=O)c3ccccc3)CC1)C2. The Hall–Kier alpha value is -1.60. The number of urea groups is 1. The summed E-state index contributed by atoms with van der Waals surface area (Å²) in [5.41, 5.74) is 0.402. The number of amides is 2. The average molecular weight is 406 g/mol. The molecule has 2 bridgehead atoms. The van der Waals surface area contributed by atoms with Gasteiger partial charge < -0.3 is 10.2 Å². The fourth-order valence-electron chi connectivity index (χ4n) is 5.54. The molecule has 2 aliphatic carbocycles. The van der Waals surface area contributed by atoms with Crippen LogP contribution in [0.25, 0.3) is 0 Å². The molecule has 1 aromatic carbocycles. The smallest absolute Gasteiger partial charge is 0.317 e. The van der Waals surface area contributed by atoms with Crippen molar-refractivity contribution in [2.24, 2.45) is 16.7 Å². The van der Waals surface area contributed by atoms with Gasteiger partial charge in [0.2, 0.25) is 10.0 Å². The maximum absolute atomic E-state index is 12.9. The molecular formula is C21H31N3O3S. The van der Waals surface area contributed by atoms with Gasteiger partial charge in [-0.2, -0.15) is 4.31 Å². The standard InChI is InChI=1S/C21H31N3O3S/c1-20(2)16-9-10-21(20,3)18(15-16)22-19(25)23-11-13-24(14-12-23)28(26,27)17-7-5-4-6-8-17/h4-8,16,18H,9-15H2,1-3H3,(H,22,25). The number of sulfonamides is 1. The molecule has 3 unspecified atom stereocenters. The van der Waals surface area contributed by atoms with Crippen molar-refractivity contribution < 1.29 is 13.2 Å². The molecule has 0 radical (unpaired) electrons. The number of nitrogens with one attached hydrogen (secondary N) is 1. The van der Waals surface area contributed by atoms with Crippen molar-refractivity contribution in [1.29, 1.82) is 0 Å². The number of benzene rings is 1. The molecule has 2 amide bonds. The van der Waals surface area contributed by atoms with E-state index in [-0.39, 0.29) is 22.9 Å². The van der Waals surface area contributed by atoms with Gasteiger partial charge >= 0.3 is 6.03 Å². The van der Waals surface area contributed by atoms with Gasteiger partial charge in [0.15, 0.2) is 0 Å². The summed E-state index contributed by atoms with van der Waals surface area (Å²) in [6.45, 7) is 8.51. The summed E-state index contributed by atoms with van der Waals surface area (Å²) in [5.74, 6) is 0.677. The molecule has 1 aliphatic heterocycles. The van der Waals surface area contributed by atoms with Gasteiger partial charge in [-0.15, -0.1) is 0 Å². The van der Waals surface area contributed by atoms with Crippen molar-refractivity contribution in [3.8, 4) is 0 Å². The van der Waals surface area contributed by atoms with Crippen LogP contribution in [0.1, 0.15) is 40.0 Å². The third-order valence-corrected chi connectivity index (χ3v) is 9.91. The molecule has 7 heteroatoms. The molecule has 0 spiro atoms. The Labute approximate surface area is 168 Å². The van der Waals surface area contributed by atoms with Crippen molar-refractivity contribution in [2.75, 3.05) is 26.2 Å². The zero-order chi connectivity index (χ0) is 20.2. The lowest BCUT2D eigenvalue weighted by atomic mass is 9.69. The number of fused-ring (bicyclic) bond motifs is 2. The third kappa shape index (κ3) is 2.94. The first kappa shape index (κ1) is 19.7. The van der Waals surface area contributed by atoms with Crippen LogP contribution in [-0.4, -0.2) is 55.9 Å². The van der Waals surface area contributed by atoms with E-state index >= 15 is 0 Å². The van der Waals surface area contributed by atoms with Crippen LogP contribution in [0.3, 0.4) is 0 Å². The van der Waals surface area contributed by atoms with Crippen LogP contribution >= 0.6 is 0 Å². The van der Waals surface area contributed by atoms with Crippen molar-refractivity contribution >= 4 is 16.1 Å². The first-order valence-corrected chi connectivity index (χ1v) is 11.7. The quantitative estimate of drug-likeness (QED) is 0.841. The number of rotatable bonds is 3. The highest BCUT2D eigenvalue weighted by atomic mass is 32.2. The highest BCUT2D eigenvalue weighted by molar-refractivity contribution is 7.89. The molecule has 6 nitrogen and oxygen atoms in total. The average Bonchev–Trinajstić information content (AvgIpc) is 3.02. The van der Waals surface area contributed by atoms with Crippen LogP contribution in [-0.2, 0) is 10.0 Å². The third-order valence-electron chi connectivity index (χ3n) is 8.00. The molecular weight excluding hydrogens is 374 g/mol. The fourth-order valence-corrected chi connectivity index (χ4v) is 6.98. The Morgan fingerprint density at radius 3 is 2.25 bits per heavy atom. The summed E-state index contributed by atoms with van der Waals surface area (Å²) >= 11 is 0. The monoisotopic (exact) mass is 405 g/mol. The predicted octanol–water partition coefficient (Wildman–Crippen LogP) is 2.92. The van der Waals surface area contributed by atoms with Crippen molar-refractivity contribution in [1.82, 2.24) is 14.5 Å². The minimum absolute atomic E-state index is 0.0497.